The van der Waals surface area contributed by atoms with Crippen molar-refractivity contribution in [2.75, 3.05) is 7.11 Å². The number of carbonyl (C=O) groups is 2. The van der Waals surface area contributed by atoms with Gasteiger partial charge in [-0.05, 0) is 35.9 Å². The SMILES string of the molecule is COC(=O)/C(=C\c1ccc(O)cc1)NC(=O)c1ccccc1. The summed E-state index contributed by atoms with van der Waals surface area (Å²) >= 11 is 0. The van der Waals surface area contributed by atoms with Crippen LogP contribution in [0.15, 0.2) is 60.3 Å². The van der Waals surface area contributed by atoms with Gasteiger partial charge in [0.15, 0.2) is 0 Å². The first-order valence-electron chi connectivity index (χ1n) is 6.55. The van der Waals surface area contributed by atoms with Crippen molar-refractivity contribution in [1.82, 2.24) is 5.32 Å². The lowest BCUT2D eigenvalue weighted by atomic mass is 10.1. The molecule has 0 aliphatic carbocycles. The van der Waals surface area contributed by atoms with E-state index in [9.17, 15) is 14.7 Å². The molecule has 0 fully saturated rings. The molecule has 2 N–H and O–H groups in total. The van der Waals surface area contributed by atoms with Gasteiger partial charge < -0.3 is 15.2 Å². The summed E-state index contributed by atoms with van der Waals surface area (Å²) in [4.78, 5) is 23.9. The number of esters is 1. The van der Waals surface area contributed by atoms with Gasteiger partial charge in [-0.15, -0.1) is 0 Å². The zero-order valence-electron chi connectivity index (χ0n) is 11.9. The van der Waals surface area contributed by atoms with Gasteiger partial charge in [0, 0.05) is 5.56 Å². The highest BCUT2D eigenvalue weighted by molar-refractivity contribution is 6.03. The molecule has 0 bridgehead atoms. The van der Waals surface area contributed by atoms with E-state index in [-0.39, 0.29) is 11.4 Å². The fraction of sp³-hybridized carbons (Fsp3) is 0.0588. The van der Waals surface area contributed by atoms with Crippen molar-refractivity contribution in [3.05, 3.63) is 71.4 Å². The van der Waals surface area contributed by atoms with E-state index >= 15 is 0 Å². The Labute approximate surface area is 127 Å². The molecule has 112 valence electrons. The Morgan fingerprint density at radius 2 is 1.68 bits per heavy atom. The zero-order chi connectivity index (χ0) is 15.9. The van der Waals surface area contributed by atoms with Crippen molar-refractivity contribution in [3.63, 3.8) is 0 Å². The topological polar surface area (TPSA) is 75.6 Å². The number of rotatable bonds is 4. The Balaban J connectivity index is 2.25. The summed E-state index contributed by atoms with van der Waals surface area (Å²) in [6, 6.07) is 14.8. The van der Waals surface area contributed by atoms with Crippen LogP contribution in [0.4, 0.5) is 0 Å². The maximum absolute atomic E-state index is 12.1. The maximum atomic E-state index is 12.1. The molecule has 0 heterocycles. The van der Waals surface area contributed by atoms with Gasteiger partial charge in [-0.2, -0.15) is 0 Å². The highest BCUT2D eigenvalue weighted by Crippen LogP contribution is 2.13. The van der Waals surface area contributed by atoms with Crippen LogP contribution < -0.4 is 5.32 Å². The Bertz CT molecular complexity index is 690. The van der Waals surface area contributed by atoms with Crippen LogP contribution >= 0.6 is 0 Å². The summed E-state index contributed by atoms with van der Waals surface area (Å²) in [5.41, 5.74) is 1.09. The summed E-state index contributed by atoms with van der Waals surface area (Å²) in [5.74, 6) is -0.946. The monoisotopic (exact) mass is 297 g/mol. The van der Waals surface area contributed by atoms with Gasteiger partial charge >= 0.3 is 5.97 Å². The normalized spacial score (nSPS) is 10.9. The fourth-order valence-electron chi connectivity index (χ4n) is 1.78. The van der Waals surface area contributed by atoms with E-state index in [1.807, 2.05) is 0 Å². The summed E-state index contributed by atoms with van der Waals surface area (Å²) in [5, 5.41) is 11.8. The molecular weight excluding hydrogens is 282 g/mol. The molecule has 0 radical (unpaired) electrons. The van der Waals surface area contributed by atoms with Crippen molar-refractivity contribution < 1.29 is 19.4 Å². The first kappa shape index (κ1) is 15.3. The minimum absolute atomic E-state index is 0.0158. The predicted octanol–water partition coefficient (Wildman–Crippen LogP) is 2.34. The van der Waals surface area contributed by atoms with Crippen LogP contribution in [0.2, 0.25) is 0 Å². The van der Waals surface area contributed by atoms with E-state index in [1.165, 1.54) is 25.3 Å². The molecule has 0 aliphatic heterocycles. The molecule has 0 saturated carbocycles. The smallest absolute Gasteiger partial charge is 0.354 e. The first-order valence-corrected chi connectivity index (χ1v) is 6.55. The van der Waals surface area contributed by atoms with Gasteiger partial charge in [-0.25, -0.2) is 4.79 Å². The lowest BCUT2D eigenvalue weighted by Gasteiger charge is -2.08. The molecular formula is C17H15NO4. The Kier molecular flexibility index (Phi) is 4.93. The minimum atomic E-state index is -0.655. The number of hydrogen-bond acceptors (Lipinski definition) is 4. The zero-order valence-corrected chi connectivity index (χ0v) is 11.9. The van der Waals surface area contributed by atoms with Crippen molar-refractivity contribution in [2.45, 2.75) is 0 Å². The second-order valence-electron chi connectivity index (χ2n) is 4.46. The molecule has 5 nitrogen and oxygen atoms in total. The number of benzene rings is 2. The number of aromatic hydroxyl groups is 1. The molecule has 2 rings (SSSR count). The third kappa shape index (κ3) is 3.96. The van der Waals surface area contributed by atoms with Gasteiger partial charge in [-0.1, -0.05) is 30.3 Å². The Morgan fingerprint density at radius 3 is 2.27 bits per heavy atom. The molecule has 5 heteroatoms. The number of ether oxygens (including phenoxy) is 1. The molecule has 2 aromatic carbocycles. The average Bonchev–Trinajstić information content (AvgIpc) is 2.56. The second kappa shape index (κ2) is 7.08. The summed E-state index contributed by atoms with van der Waals surface area (Å²) < 4.78 is 4.67. The highest BCUT2D eigenvalue weighted by atomic mass is 16.5. The van der Waals surface area contributed by atoms with Crippen LogP contribution in [-0.4, -0.2) is 24.1 Å². The third-order valence-corrected chi connectivity index (χ3v) is 2.89. The van der Waals surface area contributed by atoms with E-state index in [0.717, 1.165) is 0 Å². The largest absolute Gasteiger partial charge is 0.508 e. The standard InChI is InChI=1S/C17H15NO4/c1-22-17(21)15(11-12-7-9-14(19)10-8-12)18-16(20)13-5-3-2-4-6-13/h2-11,19H,1H3,(H,18,20)/b15-11+. The molecule has 0 atom stereocenters. The molecule has 2 aromatic rings. The Hall–Kier alpha value is -3.08. The number of amides is 1. The van der Waals surface area contributed by atoms with Crippen molar-refractivity contribution in [2.24, 2.45) is 0 Å². The van der Waals surface area contributed by atoms with Gasteiger partial charge in [0.05, 0.1) is 7.11 Å². The number of hydrogen-bond donors (Lipinski definition) is 2. The number of methoxy groups -OCH3 is 1. The lowest BCUT2D eigenvalue weighted by Crippen LogP contribution is -2.28. The molecule has 0 saturated heterocycles. The van der Waals surface area contributed by atoms with E-state index in [2.05, 4.69) is 10.1 Å². The van der Waals surface area contributed by atoms with Crippen LogP contribution in [-0.2, 0) is 9.53 Å². The number of phenols is 1. The third-order valence-electron chi connectivity index (χ3n) is 2.89. The first-order chi connectivity index (χ1) is 10.6. The van der Waals surface area contributed by atoms with E-state index in [1.54, 1.807) is 42.5 Å². The predicted molar refractivity (Wildman–Crippen MR) is 82.0 cm³/mol. The molecule has 0 aliphatic rings. The van der Waals surface area contributed by atoms with Crippen LogP contribution in [0.1, 0.15) is 15.9 Å². The van der Waals surface area contributed by atoms with Gasteiger partial charge in [0.2, 0.25) is 0 Å². The quantitative estimate of drug-likeness (QED) is 0.671. The number of nitrogens with one attached hydrogen (secondary N) is 1. The van der Waals surface area contributed by atoms with Crippen LogP contribution in [0.5, 0.6) is 5.75 Å². The van der Waals surface area contributed by atoms with E-state index < -0.39 is 11.9 Å². The summed E-state index contributed by atoms with van der Waals surface area (Å²) in [6.07, 6.45) is 1.48. The minimum Gasteiger partial charge on any atom is -0.508 e. The van der Waals surface area contributed by atoms with Crippen molar-refractivity contribution in [1.29, 1.82) is 0 Å². The molecule has 1 amide bonds. The van der Waals surface area contributed by atoms with Gasteiger partial charge in [0.25, 0.3) is 5.91 Å². The molecule has 0 spiro atoms. The van der Waals surface area contributed by atoms with Crippen molar-refractivity contribution in [3.8, 4) is 5.75 Å². The molecule has 0 aromatic heterocycles. The average molecular weight is 297 g/mol. The summed E-state index contributed by atoms with van der Waals surface area (Å²) in [7, 11) is 1.24. The van der Waals surface area contributed by atoms with Crippen LogP contribution in [0.3, 0.4) is 0 Å². The van der Waals surface area contributed by atoms with Gasteiger partial charge in [0.1, 0.15) is 11.4 Å². The maximum Gasteiger partial charge on any atom is 0.354 e. The highest BCUT2D eigenvalue weighted by Gasteiger charge is 2.14. The second-order valence-corrected chi connectivity index (χ2v) is 4.46. The molecule has 0 unspecified atom stereocenters. The number of phenolic OH excluding ortho intramolecular Hbond substituents is 1. The van der Waals surface area contributed by atoms with Gasteiger partial charge in [-0.3, -0.25) is 4.79 Å². The summed E-state index contributed by atoms with van der Waals surface area (Å²) in [6.45, 7) is 0. The van der Waals surface area contributed by atoms with E-state index in [0.29, 0.717) is 11.1 Å². The molecule has 22 heavy (non-hydrogen) atoms. The fourth-order valence-corrected chi connectivity index (χ4v) is 1.78. The Morgan fingerprint density at radius 1 is 1.05 bits per heavy atom. The van der Waals surface area contributed by atoms with E-state index in [4.69, 9.17) is 0 Å². The lowest BCUT2D eigenvalue weighted by molar-refractivity contribution is -0.136. The van der Waals surface area contributed by atoms with Crippen LogP contribution in [0, 0.1) is 0 Å². The van der Waals surface area contributed by atoms with Crippen molar-refractivity contribution >= 4 is 18.0 Å². The van der Waals surface area contributed by atoms with Crippen LogP contribution in [0.25, 0.3) is 6.08 Å². The number of carbonyl (C=O) groups excluding carboxylic acids is 2.